The molecule has 3 N–H and O–H groups in total. The highest BCUT2D eigenvalue weighted by molar-refractivity contribution is 5.93. The van der Waals surface area contributed by atoms with Crippen LogP contribution in [0.25, 0.3) is 21.8 Å². The van der Waals surface area contributed by atoms with Gasteiger partial charge in [0.15, 0.2) is 0 Å². The van der Waals surface area contributed by atoms with E-state index in [0.29, 0.717) is 33.2 Å². The zero-order chi connectivity index (χ0) is 20.5. The molecule has 4 rings (SSSR count). The van der Waals surface area contributed by atoms with Crippen LogP contribution in [-0.4, -0.2) is 15.9 Å². The first-order valence-corrected chi connectivity index (χ1v) is 9.14. The van der Waals surface area contributed by atoms with E-state index >= 15 is 0 Å². The maximum atomic E-state index is 13.3. The number of rotatable bonds is 4. The number of benzene rings is 2. The summed E-state index contributed by atoms with van der Waals surface area (Å²) in [5, 5.41) is 4.36. The average molecular weight is 391 g/mol. The molecule has 0 saturated heterocycles. The summed E-state index contributed by atoms with van der Waals surface area (Å²) in [6, 6.07) is 12.9. The molecule has 2 aromatic carbocycles. The second-order valence-corrected chi connectivity index (χ2v) is 6.99. The predicted octanol–water partition coefficient (Wildman–Crippen LogP) is 3.39. The summed E-state index contributed by atoms with van der Waals surface area (Å²) in [6.07, 6.45) is 0.357. The molecule has 4 aromatic rings. The van der Waals surface area contributed by atoms with Crippen LogP contribution in [0.1, 0.15) is 17.5 Å². The molecule has 0 aliphatic heterocycles. The minimum atomic E-state index is -0.424. The summed E-state index contributed by atoms with van der Waals surface area (Å²) >= 11 is 0. The minimum Gasteiger partial charge on any atom is -0.326 e. The molecule has 1 amide bonds. The van der Waals surface area contributed by atoms with Gasteiger partial charge in [-0.1, -0.05) is 6.07 Å². The zero-order valence-electron chi connectivity index (χ0n) is 15.6. The molecular weight excluding hydrogens is 373 g/mol. The largest absolute Gasteiger partial charge is 0.326 e. The van der Waals surface area contributed by atoms with E-state index in [2.05, 4.69) is 15.3 Å². The van der Waals surface area contributed by atoms with Crippen LogP contribution in [0.15, 0.2) is 58.1 Å². The molecule has 29 heavy (non-hydrogen) atoms. The third kappa shape index (κ3) is 3.94. The van der Waals surface area contributed by atoms with Crippen molar-refractivity contribution in [3.05, 3.63) is 86.2 Å². The van der Waals surface area contributed by atoms with Crippen LogP contribution in [0.4, 0.5) is 10.1 Å². The highest BCUT2D eigenvalue weighted by Crippen LogP contribution is 2.18. The second-order valence-electron chi connectivity index (χ2n) is 6.99. The average Bonchev–Trinajstić information content (AvgIpc) is 2.67. The van der Waals surface area contributed by atoms with Gasteiger partial charge in [0, 0.05) is 23.2 Å². The fourth-order valence-corrected chi connectivity index (χ4v) is 3.26. The highest BCUT2D eigenvalue weighted by atomic mass is 19.1. The molecule has 7 heteroatoms. The lowest BCUT2D eigenvalue weighted by Crippen LogP contribution is -2.17. The Bertz CT molecular complexity index is 1370. The Morgan fingerprint density at radius 1 is 0.931 bits per heavy atom. The smallest absolute Gasteiger partial charge is 0.251 e. The lowest BCUT2D eigenvalue weighted by atomic mass is 10.1. The number of aryl methyl sites for hydroxylation is 2. The minimum absolute atomic E-state index is 0.109. The number of aromatic nitrogens is 2. The highest BCUT2D eigenvalue weighted by Gasteiger charge is 2.09. The van der Waals surface area contributed by atoms with Crippen LogP contribution in [0.3, 0.4) is 0 Å². The SMILES string of the molecule is Cc1cc2ccc(NC(=O)CCc3cc4ccc(F)cc4[nH]c3=O)cc2[nH]c1=O. The van der Waals surface area contributed by atoms with Crippen LogP contribution >= 0.6 is 0 Å². The number of amides is 1. The van der Waals surface area contributed by atoms with E-state index in [1.807, 2.05) is 6.07 Å². The Balaban J connectivity index is 1.48. The van der Waals surface area contributed by atoms with Gasteiger partial charge in [-0.05, 0) is 66.6 Å². The number of pyridine rings is 2. The van der Waals surface area contributed by atoms with Crippen LogP contribution in [-0.2, 0) is 11.2 Å². The summed E-state index contributed by atoms with van der Waals surface area (Å²) < 4.78 is 13.3. The Morgan fingerprint density at radius 2 is 1.62 bits per heavy atom. The van der Waals surface area contributed by atoms with Gasteiger partial charge in [-0.15, -0.1) is 0 Å². The number of hydrogen-bond acceptors (Lipinski definition) is 3. The number of fused-ring (bicyclic) bond motifs is 2. The third-order valence-corrected chi connectivity index (χ3v) is 4.82. The van der Waals surface area contributed by atoms with Crippen LogP contribution in [0.5, 0.6) is 0 Å². The summed E-state index contributed by atoms with van der Waals surface area (Å²) in [5.74, 6) is -0.676. The lowest BCUT2D eigenvalue weighted by Gasteiger charge is -2.07. The van der Waals surface area contributed by atoms with Crippen molar-refractivity contribution >= 4 is 33.4 Å². The van der Waals surface area contributed by atoms with Crippen LogP contribution in [0, 0.1) is 12.7 Å². The molecule has 0 atom stereocenters. The lowest BCUT2D eigenvalue weighted by molar-refractivity contribution is -0.116. The molecule has 0 spiro atoms. The molecule has 0 unspecified atom stereocenters. The number of anilines is 1. The molecule has 2 aromatic heterocycles. The van der Waals surface area contributed by atoms with E-state index < -0.39 is 5.82 Å². The van der Waals surface area contributed by atoms with Crippen molar-refractivity contribution in [2.75, 3.05) is 5.32 Å². The Labute approximate surface area is 164 Å². The fourth-order valence-electron chi connectivity index (χ4n) is 3.26. The number of hydrogen-bond donors (Lipinski definition) is 3. The molecule has 2 heterocycles. The van der Waals surface area contributed by atoms with Gasteiger partial charge in [-0.25, -0.2) is 4.39 Å². The van der Waals surface area contributed by atoms with E-state index in [4.69, 9.17) is 0 Å². The van der Waals surface area contributed by atoms with Gasteiger partial charge >= 0.3 is 0 Å². The Hall–Kier alpha value is -3.74. The van der Waals surface area contributed by atoms with E-state index in [9.17, 15) is 18.8 Å². The molecule has 0 bridgehead atoms. The maximum absolute atomic E-state index is 13.3. The first-order valence-electron chi connectivity index (χ1n) is 9.14. The third-order valence-electron chi connectivity index (χ3n) is 4.82. The molecule has 146 valence electrons. The standard InChI is InChI=1S/C22H18FN3O3/c1-12-8-13-3-6-17(11-19(13)25-21(12)28)24-20(27)7-4-15-9-14-2-5-16(23)10-18(14)26-22(15)29/h2-3,5-6,8-11H,4,7H2,1H3,(H,24,27)(H,25,28)(H,26,29). The van der Waals surface area contributed by atoms with Crippen molar-refractivity contribution in [1.29, 1.82) is 0 Å². The van der Waals surface area contributed by atoms with E-state index in [-0.39, 0.29) is 29.9 Å². The number of carbonyl (C=O) groups excluding carboxylic acids is 1. The summed E-state index contributed by atoms with van der Waals surface area (Å²) in [7, 11) is 0. The topological polar surface area (TPSA) is 94.8 Å². The zero-order valence-corrected chi connectivity index (χ0v) is 15.6. The molecule has 0 fully saturated rings. The van der Waals surface area contributed by atoms with Crippen LogP contribution < -0.4 is 16.4 Å². The number of H-pyrrole nitrogens is 2. The van der Waals surface area contributed by atoms with Gasteiger partial charge in [-0.2, -0.15) is 0 Å². The van der Waals surface area contributed by atoms with Crippen molar-refractivity contribution in [3.63, 3.8) is 0 Å². The van der Waals surface area contributed by atoms with E-state index in [1.54, 1.807) is 37.3 Å². The van der Waals surface area contributed by atoms with E-state index in [0.717, 1.165) is 5.39 Å². The van der Waals surface area contributed by atoms with E-state index in [1.165, 1.54) is 12.1 Å². The first kappa shape index (κ1) is 18.6. The van der Waals surface area contributed by atoms with Gasteiger partial charge in [-0.3, -0.25) is 14.4 Å². The Morgan fingerprint density at radius 3 is 2.45 bits per heavy atom. The van der Waals surface area contributed by atoms with Crippen molar-refractivity contribution in [1.82, 2.24) is 9.97 Å². The summed E-state index contributed by atoms with van der Waals surface area (Å²) in [6.45, 7) is 1.74. The molecular formula is C22H18FN3O3. The molecule has 0 saturated carbocycles. The van der Waals surface area contributed by atoms with Crippen molar-refractivity contribution < 1.29 is 9.18 Å². The number of nitrogens with one attached hydrogen (secondary N) is 3. The fraction of sp³-hybridized carbons (Fsp3) is 0.136. The quantitative estimate of drug-likeness (QED) is 0.498. The van der Waals surface area contributed by atoms with Gasteiger partial charge in [0.05, 0.1) is 11.0 Å². The normalized spacial score (nSPS) is 11.1. The van der Waals surface area contributed by atoms with Gasteiger partial charge in [0.25, 0.3) is 11.1 Å². The van der Waals surface area contributed by atoms with Gasteiger partial charge in [0.1, 0.15) is 5.82 Å². The van der Waals surface area contributed by atoms with Crippen molar-refractivity contribution in [2.24, 2.45) is 0 Å². The summed E-state index contributed by atoms with van der Waals surface area (Å²) in [5.41, 5.74) is 2.19. The molecule has 0 aliphatic carbocycles. The predicted molar refractivity (Wildman–Crippen MR) is 111 cm³/mol. The van der Waals surface area contributed by atoms with Crippen LogP contribution in [0.2, 0.25) is 0 Å². The molecule has 0 aliphatic rings. The van der Waals surface area contributed by atoms with Crippen molar-refractivity contribution in [2.45, 2.75) is 19.8 Å². The molecule has 0 radical (unpaired) electrons. The number of aromatic amines is 2. The first-order chi connectivity index (χ1) is 13.9. The summed E-state index contributed by atoms with van der Waals surface area (Å²) in [4.78, 5) is 41.7. The monoisotopic (exact) mass is 391 g/mol. The maximum Gasteiger partial charge on any atom is 0.251 e. The molecule has 6 nitrogen and oxygen atoms in total. The number of carbonyl (C=O) groups is 1. The van der Waals surface area contributed by atoms with Crippen molar-refractivity contribution in [3.8, 4) is 0 Å². The number of halogens is 1. The van der Waals surface area contributed by atoms with Gasteiger partial charge in [0.2, 0.25) is 5.91 Å². The Kier molecular flexibility index (Phi) is 4.72. The second kappa shape index (κ2) is 7.35. The van der Waals surface area contributed by atoms with Gasteiger partial charge < -0.3 is 15.3 Å².